The average Bonchev–Trinajstić information content (AvgIpc) is 3.10. The van der Waals surface area contributed by atoms with E-state index in [0.29, 0.717) is 16.8 Å². The number of rotatable bonds is 6. The van der Waals surface area contributed by atoms with Gasteiger partial charge in [-0.25, -0.2) is 9.78 Å². The fourth-order valence-electron chi connectivity index (χ4n) is 2.79. The molecule has 0 unspecified atom stereocenters. The minimum Gasteiger partial charge on any atom is -0.452 e. The van der Waals surface area contributed by atoms with E-state index in [1.807, 2.05) is 37.3 Å². The van der Waals surface area contributed by atoms with Gasteiger partial charge in [-0.1, -0.05) is 35.0 Å². The number of aromatic nitrogens is 2. The molecule has 0 aliphatic heterocycles. The normalized spacial score (nSPS) is 10.6. The molecule has 3 aromatic rings. The number of ether oxygens (including phenoxy) is 1. The number of nitrogens with zero attached hydrogens (tertiary/aromatic N) is 4. The average molecular weight is 392 g/mol. The van der Waals surface area contributed by atoms with Gasteiger partial charge in [0.2, 0.25) is 0 Å². The molecule has 1 aromatic carbocycles. The van der Waals surface area contributed by atoms with Crippen molar-refractivity contribution in [3.8, 4) is 17.3 Å². The first-order valence-corrected chi connectivity index (χ1v) is 9.03. The van der Waals surface area contributed by atoms with Gasteiger partial charge in [-0.15, -0.1) is 0 Å². The van der Waals surface area contributed by atoms with E-state index in [-0.39, 0.29) is 30.1 Å². The topological polar surface area (TPSA) is 109 Å². The quantitative estimate of drug-likeness (QED) is 0.593. The van der Waals surface area contributed by atoms with Gasteiger partial charge in [0.25, 0.3) is 11.6 Å². The molecule has 0 aliphatic carbocycles. The Morgan fingerprint density at radius 3 is 2.66 bits per heavy atom. The number of hydrogen-bond acceptors (Lipinski definition) is 7. The molecule has 8 heteroatoms. The van der Waals surface area contributed by atoms with Gasteiger partial charge in [-0.05, 0) is 19.9 Å². The van der Waals surface area contributed by atoms with Crippen LogP contribution >= 0.6 is 0 Å². The van der Waals surface area contributed by atoms with E-state index >= 15 is 0 Å². The van der Waals surface area contributed by atoms with Gasteiger partial charge in [0.05, 0.1) is 34.8 Å². The predicted octanol–water partition coefficient (Wildman–Crippen LogP) is 3.04. The van der Waals surface area contributed by atoms with Crippen LogP contribution in [0.2, 0.25) is 0 Å². The summed E-state index contributed by atoms with van der Waals surface area (Å²) in [5, 5.41) is 13.0. The monoisotopic (exact) mass is 392 g/mol. The Hall–Kier alpha value is -3.73. The van der Waals surface area contributed by atoms with Crippen LogP contribution in [0.25, 0.3) is 22.4 Å². The number of carbonyl (C=O) groups excluding carboxylic acids is 2. The summed E-state index contributed by atoms with van der Waals surface area (Å²) < 4.78 is 10.5. The number of amides is 1. The molecular weight excluding hydrogens is 372 g/mol. The summed E-state index contributed by atoms with van der Waals surface area (Å²) in [7, 11) is 1.55. The van der Waals surface area contributed by atoms with E-state index < -0.39 is 12.6 Å². The molecule has 8 nitrogen and oxygen atoms in total. The van der Waals surface area contributed by atoms with E-state index in [1.54, 1.807) is 20.0 Å². The lowest BCUT2D eigenvalue weighted by molar-refractivity contribution is -0.133. The van der Waals surface area contributed by atoms with Crippen LogP contribution < -0.4 is 0 Å². The zero-order valence-electron chi connectivity index (χ0n) is 16.4. The number of likely N-dealkylation sites (N-methyl/N-ethyl adjacent to an activating group) is 1. The molecule has 0 N–H and O–H groups in total. The summed E-state index contributed by atoms with van der Waals surface area (Å²) in [5.74, 6) is -1.06. The van der Waals surface area contributed by atoms with E-state index in [4.69, 9.17) is 14.5 Å². The van der Waals surface area contributed by atoms with E-state index in [2.05, 4.69) is 10.1 Å². The highest BCUT2D eigenvalue weighted by atomic mass is 16.5. The maximum absolute atomic E-state index is 12.7. The number of pyridine rings is 1. The summed E-state index contributed by atoms with van der Waals surface area (Å²) in [4.78, 5) is 30.6. The van der Waals surface area contributed by atoms with E-state index in [1.165, 1.54) is 4.90 Å². The molecule has 0 atom stereocenters. The SMILES string of the molecule is Cc1ccc(-c2cc(C(=O)OCC(=O)N(C)CCC#N)c3c(C)noc3n2)cc1. The Morgan fingerprint density at radius 1 is 1.24 bits per heavy atom. The number of hydrogen-bond donors (Lipinski definition) is 0. The van der Waals surface area contributed by atoms with Crippen LogP contribution in [-0.4, -0.2) is 47.1 Å². The van der Waals surface area contributed by atoms with Gasteiger partial charge in [0.1, 0.15) is 0 Å². The fraction of sp³-hybridized carbons (Fsp3) is 0.286. The van der Waals surface area contributed by atoms with Crippen LogP contribution in [0, 0.1) is 25.2 Å². The van der Waals surface area contributed by atoms with E-state index in [0.717, 1.165) is 11.1 Å². The Bertz CT molecular complexity index is 1100. The van der Waals surface area contributed by atoms with Crippen molar-refractivity contribution in [1.29, 1.82) is 5.26 Å². The van der Waals surface area contributed by atoms with Crippen molar-refractivity contribution >= 4 is 23.0 Å². The number of benzene rings is 1. The van der Waals surface area contributed by atoms with Gasteiger partial charge in [0, 0.05) is 19.2 Å². The molecule has 0 saturated carbocycles. The lowest BCUT2D eigenvalue weighted by atomic mass is 10.0. The van der Waals surface area contributed by atoms with Gasteiger partial charge >= 0.3 is 5.97 Å². The Balaban J connectivity index is 1.88. The van der Waals surface area contributed by atoms with Crippen LogP contribution in [-0.2, 0) is 9.53 Å². The standard InChI is InChI=1S/C21H20N4O4/c1-13-5-7-15(8-6-13)17-11-16(19-14(2)24-29-20(19)23-17)21(27)28-12-18(26)25(3)10-4-9-22/h5-8,11H,4,10,12H2,1-3H3. The summed E-state index contributed by atoms with van der Waals surface area (Å²) in [5.41, 5.74) is 3.42. The number of esters is 1. The smallest absolute Gasteiger partial charge is 0.339 e. The molecule has 29 heavy (non-hydrogen) atoms. The Labute approximate surface area is 167 Å². The Morgan fingerprint density at radius 2 is 1.97 bits per heavy atom. The fourth-order valence-corrected chi connectivity index (χ4v) is 2.79. The van der Waals surface area contributed by atoms with Crippen molar-refractivity contribution in [2.45, 2.75) is 20.3 Å². The molecule has 2 heterocycles. The highest BCUT2D eigenvalue weighted by Gasteiger charge is 2.21. The van der Waals surface area contributed by atoms with Crippen molar-refractivity contribution in [2.75, 3.05) is 20.2 Å². The minimum absolute atomic E-state index is 0.209. The van der Waals surface area contributed by atoms with Crippen molar-refractivity contribution in [3.63, 3.8) is 0 Å². The van der Waals surface area contributed by atoms with Gasteiger partial charge in [0.15, 0.2) is 6.61 Å². The molecule has 0 fully saturated rings. The zero-order chi connectivity index (χ0) is 21.0. The number of nitriles is 1. The van der Waals surface area contributed by atoms with Gasteiger partial charge in [-0.3, -0.25) is 4.79 Å². The molecular formula is C21H20N4O4. The summed E-state index contributed by atoms with van der Waals surface area (Å²) in [6.45, 7) is 3.54. The third kappa shape index (κ3) is 4.41. The molecule has 0 spiro atoms. The predicted molar refractivity (Wildman–Crippen MR) is 105 cm³/mol. The van der Waals surface area contributed by atoms with Crippen molar-refractivity contribution in [2.24, 2.45) is 0 Å². The maximum Gasteiger partial charge on any atom is 0.339 e. The van der Waals surface area contributed by atoms with Gasteiger partial charge in [-0.2, -0.15) is 5.26 Å². The van der Waals surface area contributed by atoms with Crippen molar-refractivity contribution in [3.05, 3.63) is 47.2 Å². The molecule has 0 saturated heterocycles. The lowest BCUT2D eigenvalue weighted by Gasteiger charge is -2.15. The van der Waals surface area contributed by atoms with Gasteiger partial charge < -0.3 is 14.2 Å². The molecule has 0 radical (unpaired) electrons. The first kappa shape index (κ1) is 20.0. The molecule has 3 rings (SSSR count). The first-order valence-electron chi connectivity index (χ1n) is 9.03. The van der Waals surface area contributed by atoms with E-state index in [9.17, 15) is 9.59 Å². The first-order chi connectivity index (χ1) is 13.9. The number of carbonyl (C=O) groups is 2. The second-order valence-electron chi connectivity index (χ2n) is 6.67. The third-order valence-electron chi connectivity index (χ3n) is 4.50. The largest absolute Gasteiger partial charge is 0.452 e. The highest BCUT2D eigenvalue weighted by molar-refractivity contribution is 6.04. The van der Waals surface area contributed by atoms with Crippen LogP contribution in [0.1, 0.15) is 28.0 Å². The molecule has 1 amide bonds. The summed E-state index contributed by atoms with van der Waals surface area (Å²) >= 11 is 0. The number of aryl methyl sites for hydroxylation is 2. The van der Waals surface area contributed by atoms with Crippen LogP contribution in [0.4, 0.5) is 0 Å². The molecule has 0 aliphatic rings. The second-order valence-corrected chi connectivity index (χ2v) is 6.67. The minimum atomic E-state index is -0.668. The highest BCUT2D eigenvalue weighted by Crippen LogP contribution is 2.27. The summed E-state index contributed by atoms with van der Waals surface area (Å²) in [6, 6.07) is 11.3. The lowest BCUT2D eigenvalue weighted by Crippen LogP contribution is -2.32. The van der Waals surface area contributed by atoms with Crippen molar-refractivity contribution in [1.82, 2.24) is 15.0 Å². The zero-order valence-corrected chi connectivity index (χ0v) is 16.4. The number of fused-ring (bicyclic) bond motifs is 1. The van der Waals surface area contributed by atoms with Crippen LogP contribution in [0.5, 0.6) is 0 Å². The van der Waals surface area contributed by atoms with Crippen molar-refractivity contribution < 1.29 is 18.8 Å². The third-order valence-corrected chi connectivity index (χ3v) is 4.50. The molecule has 148 valence electrons. The maximum atomic E-state index is 12.7. The van der Waals surface area contributed by atoms with Crippen LogP contribution in [0.3, 0.4) is 0 Å². The van der Waals surface area contributed by atoms with Crippen LogP contribution in [0.15, 0.2) is 34.9 Å². The molecule has 0 bridgehead atoms. The Kier molecular flexibility index (Phi) is 5.88. The second kappa shape index (κ2) is 8.52. The molecule has 2 aromatic heterocycles. The summed E-state index contributed by atoms with van der Waals surface area (Å²) in [6.07, 6.45) is 0.209.